The van der Waals surface area contributed by atoms with Gasteiger partial charge in [0.2, 0.25) is 5.91 Å². The smallest absolute Gasteiger partial charge is 0.226 e. The number of amides is 1. The molecule has 0 radical (unpaired) electrons. The summed E-state index contributed by atoms with van der Waals surface area (Å²) < 4.78 is 7.79. The molecule has 2 aliphatic rings. The number of nitrogens with zero attached hydrogens (tertiary/aromatic N) is 3. The molecule has 5 rings (SSSR count). The van der Waals surface area contributed by atoms with Crippen LogP contribution in [0.2, 0.25) is 0 Å². The lowest BCUT2D eigenvalue weighted by Gasteiger charge is -2.30. The fourth-order valence-electron chi connectivity index (χ4n) is 5.32. The summed E-state index contributed by atoms with van der Waals surface area (Å²) in [7, 11) is 1.60. The van der Waals surface area contributed by atoms with Gasteiger partial charge in [0.1, 0.15) is 5.75 Å². The third-order valence-electron chi connectivity index (χ3n) is 6.99. The van der Waals surface area contributed by atoms with Crippen molar-refractivity contribution >= 4 is 28.9 Å². The third-order valence-corrected chi connectivity index (χ3v) is 7.34. The van der Waals surface area contributed by atoms with Crippen LogP contribution in [-0.4, -0.2) is 39.1 Å². The van der Waals surface area contributed by atoms with E-state index in [9.17, 15) is 4.79 Å². The van der Waals surface area contributed by atoms with Gasteiger partial charge in [0.05, 0.1) is 30.6 Å². The lowest BCUT2D eigenvalue weighted by atomic mass is 10.0. The Hall–Kier alpha value is -3.39. The monoisotopic (exact) mass is 489 g/mol. The van der Waals surface area contributed by atoms with E-state index >= 15 is 0 Å². The Balaban J connectivity index is 1.39. The Morgan fingerprint density at radius 3 is 2.71 bits per heavy atom. The highest BCUT2D eigenvalue weighted by Crippen LogP contribution is 2.41. The molecule has 1 amide bonds. The quantitative estimate of drug-likeness (QED) is 0.434. The number of nitrogens with one attached hydrogen (secondary N) is 2. The van der Waals surface area contributed by atoms with Gasteiger partial charge >= 0.3 is 0 Å². The number of carbonyl (C=O) groups is 1. The minimum atomic E-state index is -0.0870. The van der Waals surface area contributed by atoms with Gasteiger partial charge in [-0.2, -0.15) is 0 Å². The second-order valence-electron chi connectivity index (χ2n) is 9.10. The van der Waals surface area contributed by atoms with Crippen molar-refractivity contribution in [1.29, 1.82) is 0 Å². The average Bonchev–Trinajstić information content (AvgIpc) is 3.63. The van der Waals surface area contributed by atoms with E-state index in [0.717, 1.165) is 5.69 Å². The minimum Gasteiger partial charge on any atom is -0.495 e. The van der Waals surface area contributed by atoms with Crippen LogP contribution in [-0.2, 0) is 4.79 Å². The molecule has 1 aliphatic heterocycles. The van der Waals surface area contributed by atoms with Crippen LogP contribution in [0.1, 0.15) is 61.6 Å². The number of benzene rings is 1. The number of methoxy groups -OCH3 is 1. The minimum absolute atomic E-state index is 0.0490. The van der Waals surface area contributed by atoms with Gasteiger partial charge in [-0.1, -0.05) is 31.0 Å². The van der Waals surface area contributed by atoms with Crippen LogP contribution >= 0.6 is 12.2 Å². The predicted octanol–water partition coefficient (Wildman–Crippen LogP) is 5.01. The van der Waals surface area contributed by atoms with Crippen LogP contribution in [0.15, 0.2) is 67.0 Å². The van der Waals surface area contributed by atoms with Crippen molar-refractivity contribution in [2.75, 3.05) is 19.0 Å². The van der Waals surface area contributed by atoms with Crippen LogP contribution in [0.5, 0.6) is 5.75 Å². The van der Waals surface area contributed by atoms with Gasteiger partial charge in [0.25, 0.3) is 0 Å². The molecule has 2 fully saturated rings. The summed E-state index contributed by atoms with van der Waals surface area (Å²) in [5.74, 6) is 0.560. The van der Waals surface area contributed by atoms with E-state index in [0.29, 0.717) is 35.6 Å². The summed E-state index contributed by atoms with van der Waals surface area (Å²) in [6.07, 6.45) is 9.23. The number of hydrogen-bond acceptors (Lipinski definition) is 4. The van der Waals surface area contributed by atoms with Crippen LogP contribution in [0.25, 0.3) is 0 Å². The van der Waals surface area contributed by atoms with Crippen LogP contribution in [0, 0.1) is 0 Å². The van der Waals surface area contributed by atoms with Gasteiger partial charge in [0.15, 0.2) is 5.11 Å². The summed E-state index contributed by atoms with van der Waals surface area (Å²) in [6, 6.07) is 18.1. The van der Waals surface area contributed by atoms with Crippen molar-refractivity contribution < 1.29 is 9.53 Å². The summed E-state index contributed by atoms with van der Waals surface area (Å²) in [4.78, 5) is 19.7. The van der Waals surface area contributed by atoms with Crippen molar-refractivity contribution in [2.24, 2.45) is 0 Å². The normalized spacial score (nSPS) is 20.1. The Morgan fingerprint density at radius 1 is 1.14 bits per heavy atom. The molecule has 7 nitrogen and oxygen atoms in total. The number of hydrogen-bond donors (Lipinski definition) is 2. The highest BCUT2D eigenvalue weighted by Gasteiger charge is 2.41. The number of pyridine rings is 1. The molecular weight excluding hydrogens is 458 g/mol. The molecule has 2 aromatic heterocycles. The molecule has 0 bridgehead atoms. The van der Waals surface area contributed by atoms with Crippen LogP contribution < -0.4 is 15.4 Å². The molecule has 0 spiro atoms. The van der Waals surface area contributed by atoms with E-state index in [4.69, 9.17) is 17.0 Å². The topological polar surface area (TPSA) is 71.4 Å². The molecule has 1 saturated heterocycles. The maximum Gasteiger partial charge on any atom is 0.226 e. The van der Waals surface area contributed by atoms with E-state index < -0.39 is 0 Å². The van der Waals surface area contributed by atoms with Crippen LogP contribution in [0.4, 0.5) is 5.69 Å². The summed E-state index contributed by atoms with van der Waals surface area (Å²) in [5, 5.41) is 7.12. The van der Waals surface area contributed by atoms with E-state index in [1.54, 1.807) is 7.11 Å². The number of rotatable bonds is 8. The van der Waals surface area contributed by atoms with Gasteiger partial charge in [-0.05, 0) is 61.5 Å². The number of thiocarbonyl (C=S) groups is 1. The van der Waals surface area contributed by atoms with Gasteiger partial charge in [-0.25, -0.2) is 0 Å². The Labute approximate surface area is 211 Å². The number of aromatic nitrogens is 2. The molecule has 1 saturated carbocycles. The summed E-state index contributed by atoms with van der Waals surface area (Å²) >= 11 is 5.79. The lowest BCUT2D eigenvalue weighted by Crippen LogP contribution is -2.33. The maximum atomic E-state index is 12.9. The molecule has 8 heteroatoms. The Bertz CT molecular complexity index is 1180. The molecular formula is C27H31N5O2S. The molecule has 1 aliphatic carbocycles. The molecule has 35 heavy (non-hydrogen) atoms. The van der Waals surface area contributed by atoms with Crippen molar-refractivity contribution in [2.45, 2.75) is 50.2 Å². The zero-order valence-electron chi connectivity index (χ0n) is 19.9. The number of ether oxygens (including phenoxy) is 1. The summed E-state index contributed by atoms with van der Waals surface area (Å²) in [5.41, 5.74) is 2.82. The first-order valence-electron chi connectivity index (χ1n) is 12.2. The first kappa shape index (κ1) is 23.4. The Kier molecular flexibility index (Phi) is 6.99. The fraction of sp³-hybridized carbons (Fsp3) is 0.370. The van der Waals surface area contributed by atoms with E-state index in [2.05, 4.69) is 43.4 Å². The SMILES string of the molecule is COc1ccccc1NC(=O)CCN1C(=S)N[C@@H](c2ccccn2)[C@@H]1c1cccn1C1CCCC1. The zero-order chi connectivity index (χ0) is 24.2. The van der Waals surface area contributed by atoms with Gasteiger partial charge in [0, 0.05) is 37.1 Å². The number of anilines is 1. The second kappa shape index (κ2) is 10.5. The molecule has 0 unspecified atom stereocenters. The second-order valence-corrected chi connectivity index (χ2v) is 9.48. The molecule has 3 heterocycles. The highest BCUT2D eigenvalue weighted by molar-refractivity contribution is 7.80. The van der Waals surface area contributed by atoms with Crippen molar-refractivity contribution in [3.63, 3.8) is 0 Å². The summed E-state index contributed by atoms with van der Waals surface area (Å²) in [6.45, 7) is 0.497. The first-order valence-corrected chi connectivity index (χ1v) is 12.6. The van der Waals surface area contributed by atoms with E-state index in [1.807, 2.05) is 48.7 Å². The molecule has 2 atom stereocenters. The largest absolute Gasteiger partial charge is 0.495 e. The molecule has 182 valence electrons. The fourth-order valence-corrected chi connectivity index (χ4v) is 5.66. The van der Waals surface area contributed by atoms with Crippen molar-refractivity contribution in [3.05, 3.63) is 78.4 Å². The molecule has 3 aromatic rings. The Morgan fingerprint density at radius 2 is 1.94 bits per heavy atom. The lowest BCUT2D eigenvalue weighted by molar-refractivity contribution is -0.116. The molecule has 2 N–H and O–H groups in total. The van der Waals surface area contributed by atoms with Crippen molar-refractivity contribution in [1.82, 2.24) is 19.8 Å². The van der Waals surface area contributed by atoms with Crippen molar-refractivity contribution in [3.8, 4) is 5.75 Å². The van der Waals surface area contributed by atoms with E-state index in [-0.39, 0.29) is 18.0 Å². The van der Waals surface area contributed by atoms with Gasteiger partial charge in [-0.3, -0.25) is 9.78 Å². The third kappa shape index (κ3) is 4.89. The maximum absolute atomic E-state index is 12.9. The standard InChI is InChI=1S/C27H31N5O2S/c1-34-23-14-5-4-11-20(23)29-24(33)15-18-32-26(22-13-8-17-31(22)19-9-2-3-10-19)25(30-27(32)35)21-12-6-7-16-28-21/h4-8,11-14,16-17,19,25-26H,2-3,9-10,15,18H2,1H3,(H,29,33)(H,30,35)/t25-,26-/m0/s1. The van der Waals surface area contributed by atoms with Gasteiger partial charge in [-0.15, -0.1) is 0 Å². The predicted molar refractivity (Wildman–Crippen MR) is 140 cm³/mol. The highest BCUT2D eigenvalue weighted by atomic mass is 32.1. The first-order chi connectivity index (χ1) is 17.2. The van der Waals surface area contributed by atoms with Gasteiger partial charge < -0.3 is 24.8 Å². The number of carbonyl (C=O) groups excluding carboxylic acids is 1. The average molecular weight is 490 g/mol. The van der Waals surface area contributed by atoms with Crippen LogP contribution in [0.3, 0.4) is 0 Å². The number of para-hydroxylation sites is 2. The zero-order valence-corrected chi connectivity index (χ0v) is 20.7. The van der Waals surface area contributed by atoms with E-state index in [1.165, 1.54) is 31.4 Å². The molecule has 1 aromatic carbocycles.